The van der Waals surface area contributed by atoms with E-state index < -0.39 is 0 Å². The van der Waals surface area contributed by atoms with Crippen LogP contribution in [0.1, 0.15) is 39.5 Å². The molecule has 0 atom stereocenters. The van der Waals surface area contributed by atoms with E-state index in [-0.39, 0.29) is 12.5 Å². The van der Waals surface area contributed by atoms with E-state index in [0.717, 1.165) is 6.54 Å². The molecule has 0 aromatic carbocycles. The number of anilines is 1. The molecule has 1 aliphatic rings. The minimum absolute atomic E-state index is 0.119. The Morgan fingerprint density at radius 1 is 1.38 bits per heavy atom. The first-order chi connectivity index (χ1) is 11.5. The zero-order valence-electron chi connectivity index (χ0n) is 14.9. The molecule has 0 spiro atoms. The van der Waals surface area contributed by atoms with E-state index in [4.69, 9.17) is 0 Å². The van der Waals surface area contributed by atoms with Crippen LogP contribution in [0.15, 0.2) is 29.5 Å². The van der Waals surface area contributed by atoms with Crippen molar-refractivity contribution in [3.63, 3.8) is 0 Å². The van der Waals surface area contributed by atoms with Gasteiger partial charge >= 0.3 is 0 Å². The molecule has 1 aromatic rings. The second kappa shape index (κ2) is 8.66. The Hall–Kier alpha value is -2.11. The number of nitrogens with one attached hydrogen (secondary N) is 3. The van der Waals surface area contributed by atoms with E-state index in [1.54, 1.807) is 25.5 Å². The van der Waals surface area contributed by atoms with Gasteiger partial charge in [0, 0.05) is 19.8 Å². The molecule has 132 valence electrons. The van der Waals surface area contributed by atoms with Gasteiger partial charge in [-0.1, -0.05) is 20.3 Å². The van der Waals surface area contributed by atoms with E-state index >= 15 is 0 Å². The van der Waals surface area contributed by atoms with Gasteiger partial charge in [0.1, 0.15) is 0 Å². The number of rotatable bonds is 7. The Kier molecular flexibility index (Phi) is 6.58. The first kappa shape index (κ1) is 18.2. The van der Waals surface area contributed by atoms with E-state index in [0.29, 0.717) is 23.0 Å². The van der Waals surface area contributed by atoms with Crippen molar-refractivity contribution in [3.8, 4) is 0 Å². The van der Waals surface area contributed by atoms with Crippen molar-refractivity contribution in [1.29, 1.82) is 0 Å². The lowest BCUT2D eigenvalue weighted by Crippen LogP contribution is -2.48. The number of guanidine groups is 1. The fourth-order valence-electron chi connectivity index (χ4n) is 3.29. The molecule has 1 heterocycles. The van der Waals surface area contributed by atoms with Crippen LogP contribution in [0.25, 0.3) is 0 Å². The van der Waals surface area contributed by atoms with E-state index in [1.165, 1.54) is 25.7 Å². The average molecular weight is 331 g/mol. The van der Waals surface area contributed by atoms with Crippen LogP contribution in [0.2, 0.25) is 0 Å². The molecule has 0 radical (unpaired) electrons. The normalized spacial score (nSPS) is 16.4. The Bertz CT molecular complexity index is 552. The van der Waals surface area contributed by atoms with Gasteiger partial charge in [-0.05, 0) is 42.7 Å². The number of carbonyl (C=O) groups is 1. The monoisotopic (exact) mass is 331 g/mol. The molecule has 1 aliphatic carbocycles. The number of amides is 1. The lowest BCUT2D eigenvalue weighted by atomic mass is 9.64. The number of aromatic nitrogens is 1. The summed E-state index contributed by atoms with van der Waals surface area (Å²) in [7, 11) is 1.73. The third-order valence-corrected chi connectivity index (χ3v) is 4.47. The first-order valence-corrected chi connectivity index (χ1v) is 8.67. The fourth-order valence-corrected chi connectivity index (χ4v) is 3.29. The van der Waals surface area contributed by atoms with Crippen molar-refractivity contribution >= 4 is 17.6 Å². The molecule has 1 aromatic heterocycles. The van der Waals surface area contributed by atoms with Crippen molar-refractivity contribution in [2.24, 2.45) is 16.3 Å². The molecule has 24 heavy (non-hydrogen) atoms. The van der Waals surface area contributed by atoms with Crippen LogP contribution in [0, 0.1) is 11.3 Å². The minimum atomic E-state index is -0.119. The number of aliphatic imine (C=N–C) groups is 1. The van der Waals surface area contributed by atoms with E-state index in [1.807, 2.05) is 6.07 Å². The summed E-state index contributed by atoms with van der Waals surface area (Å²) in [5.74, 6) is 1.25. The second-order valence-corrected chi connectivity index (χ2v) is 7.02. The number of hydrogen-bond acceptors (Lipinski definition) is 3. The highest BCUT2D eigenvalue weighted by Gasteiger charge is 2.37. The van der Waals surface area contributed by atoms with Crippen LogP contribution in [0.3, 0.4) is 0 Å². The van der Waals surface area contributed by atoms with Gasteiger partial charge in [0.25, 0.3) is 0 Å². The summed E-state index contributed by atoms with van der Waals surface area (Å²) in [6.07, 6.45) is 8.39. The Morgan fingerprint density at radius 3 is 2.71 bits per heavy atom. The Balaban J connectivity index is 1.75. The van der Waals surface area contributed by atoms with Gasteiger partial charge in [-0.3, -0.25) is 14.8 Å². The molecule has 3 N–H and O–H groups in total. The summed E-state index contributed by atoms with van der Waals surface area (Å²) in [6.45, 7) is 5.63. The van der Waals surface area contributed by atoms with Gasteiger partial charge < -0.3 is 16.0 Å². The van der Waals surface area contributed by atoms with Crippen LogP contribution in [-0.4, -0.2) is 37.0 Å². The molecule has 2 rings (SSSR count). The second-order valence-electron chi connectivity index (χ2n) is 7.02. The van der Waals surface area contributed by atoms with Gasteiger partial charge in [-0.2, -0.15) is 0 Å². The Labute approximate surface area is 144 Å². The lowest BCUT2D eigenvalue weighted by molar-refractivity contribution is -0.115. The van der Waals surface area contributed by atoms with Crippen molar-refractivity contribution in [1.82, 2.24) is 15.6 Å². The zero-order chi connectivity index (χ0) is 17.4. The number of pyridine rings is 1. The molecule has 0 saturated heterocycles. The van der Waals surface area contributed by atoms with Crippen molar-refractivity contribution in [3.05, 3.63) is 24.5 Å². The Morgan fingerprint density at radius 2 is 2.17 bits per heavy atom. The van der Waals surface area contributed by atoms with E-state index in [9.17, 15) is 4.79 Å². The number of carbonyl (C=O) groups excluding carboxylic acids is 1. The molecule has 0 unspecified atom stereocenters. The number of hydrogen-bond donors (Lipinski definition) is 3. The van der Waals surface area contributed by atoms with Crippen LogP contribution < -0.4 is 16.0 Å². The summed E-state index contributed by atoms with van der Waals surface area (Å²) >= 11 is 0. The topological polar surface area (TPSA) is 78.4 Å². The first-order valence-electron chi connectivity index (χ1n) is 8.67. The van der Waals surface area contributed by atoms with Gasteiger partial charge in [-0.25, -0.2) is 0 Å². The summed E-state index contributed by atoms with van der Waals surface area (Å²) in [4.78, 5) is 20.1. The van der Waals surface area contributed by atoms with Crippen LogP contribution >= 0.6 is 0 Å². The van der Waals surface area contributed by atoms with Crippen molar-refractivity contribution < 1.29 is 4.79 Å². The molecule has 0 aliphatic heterocycles. The van der Waals surface area contributed by atoms with Gasteiger partial charge in [0.2, 0.25) is 5.91 Å². The molecule has 1 amide bonds. The van der Waals surface area contributed by atoms with Crippen molar-refractivity contribution in [2.75, 3.05) is 25.5 Å². The quantitative estimate of drug-likeness (QED) is 0.529. The maximum Gasteiger partial charge on any atom is 0.243 e. The van der Waals surface area contributed by atoms with Crippen LogP contribution in [-0.2, 0) is 4.79 Å². The predicted octanol–water partition coefficient (Wildman–Crippen LogP) is 2.40. The number of nitrogens with zero attached hydrogens (tertiary/aromatic N) is 2. The molecule has 1 saturated carbocycles. The summed E-state index contributed by atoms with van der Waals surface area (Å²) < 4.78 is 0. The fraction of sp³-hybridized carbons (Fsp3) is 0.611. The summed E-state index contributed by atoms with van der Waals surface area (Å²) in [6, 6.07) is 3.60. The average Bonchev–Trinajstić information content (AvgIpc) is 2.52. The zero-order valence-corrected chi connectivity index (χ0v) is 14.9. The highest BCUT2D eigenvalue weighted by Crippen LogP contribution is 2.45. The SMILES string of the molecule is CN=C(NCC(=O)Nc1cccnc1)NCC1(CC(C)C)CCC1. The standard InChI is InChI=1S/C18H29N5O/c1-14(2)10-18(7-5-8-18)13-22-17(19-3)21-12-16(24)23-15-6-4-9-20-11-15/h4,6,9,11,14H,5,7-8,10,12-13H2,1-3H3,(H,23,24)(H2,19,21,22). The summed E-state index contributed by atoms with van der Waals surface area (Å²) in [5.41, 5.74) is 1.08. The molecular weight excluding hydrogens is 302 g/mol. The third kappa shape index (κ3) is 5.51. The third-order valence-electron chi connectivity index (χ3n) is 4.47. The lowest BCUT2D eigenvalue weighted by Gasteiger charge is -2.43. The highest BCUT2D eigenvalue weighted by molar-refractivity contribution is 5.94. The van der Waals surface area contributed by atoms with Crippen LogP contribution in [0.4, 0.5) is 5.69 Å². The minimum Gasteiger partial charge on any atom is -0.356 e. The van der Waals surface area contributed by atoms with Crippen molar-refractivity contribution in [2.45, 2.75) is 39.5 Å². The largest absolute Gasteiger partial charge is 0.356 e. The van der Waals surface area contributed by atoms with Gasteiger partial charge in [-0.15, -0.1) is 0 Å². The van der Waals surface area contributed by atoms with Crippen LogP contribution in [0.5, 0.6) is 0 Å². The molecule has 6 nitrogen and oxygen atoms in total. The molecule has 0 bridgehead atoms. The van der Waals surface area contributed by atoms with Gasteiger partial charge in [0.15, 0.2) is 5.96 Å². The smallest absolute Gasteiger partial charge is 0.243 e. The van der Waals surface area contributed by atoms with Gasteiger partial charge in [0.05, 0.1) is 18.4 Å². The maximum atomic E-state index is 12.0. The van der Waals surface area contributed by atoms with E-state index in [2.05, 4.69) is 39.8 Å². The maximum absolute atomic E-state index is 12.0. The predicted molar refractivity (Wildman–Crippen MR) is 98.0 cm³/mol. The summed E-state index contributed by atoms with van der Waals surface area (Å²) in [5, 5.41) is 9.25. The molecule has 1 fully saturated rings. The molecule has 6 heteroatoms. The molecular formula is C18H29N5O. The highest BCUT2D eigenvalue weighted by atomic mass is 16.1.